The predicted molar refractivity (Wildman–Crippen MR) is 55.5 cm³/mol. The van der Waals surface area contributed by atoms with Crippen LogP contribution >= 0.6 is 0 Å². The minimum absolute atomic E-state index is 0.0301. The molecule has 1 rings (SSSR count). The van der Waals surface area contributed by atoms with E-state index in [-0.39, 0.29) is 5.75 Å². The van der Waals surface area contributed by atoms with Crippen LogP contribution in [0.2, 0.25) is 0 Å². The maximum atomic E-state index is 10.0. The number of nitrogens with one attached hydrogen (secondary N) is 1. The summed E-state index contributed by atoms with van der Waals surface area (Å²) in [6, 6.07) is 7.59. The van der Waals surface area contributed by atoms with Crippen LogP contribution in [0.15, 0.2) is 30.3 Å². The van der Waals surface area contributed by atoms with Crippen molar-refractivity contribution in [1.82, 2.24) is 0 Å². The molecule has 0 spiro atoms. The molecule has 0 saturated heterocycles. The SMILES string of the molecule is C[NH+](C)C.O=S(=O)([O-])Oc1ccccc1. The van der Waals surface area contributed by atoms with Crippen LogP contribution in [-0.4, -0.2) is 34.1 Å². The summed E-state index contributed by atoms with van der Waals surface area (Å²) in [5.41, 5.74) is 0. The van der Waals surface area contributed by atoms with Gasteiger partial charge in [-0.3, -0.25) is 0 Å². The minimum Gasteiger partial charge on any atom is -0.716 e. The van der Waals surface area contributed by atoms with Crippen LogP contribution in [0.4, 0.5) is 0 Å². The Morgan fingerprint density at radius 2 is 1.53 bits per heavy atom. The molecule has 0 unspecified atom stereocenters. The summed E-state index contributed by atoms with van der Waals surface area (Å²) in [6.45, 7) is 0. The fourth-order valence-electron chi connectivity index (χ4n) is 0.594. The van der Waals surface area contributed by atoms with E-state index >= 15 is 0 Å². The van der Waals surface area contributed by atoms with Crippen molar-refractivity contribution in [3.63, 3.8) is 0 Å². The Balaban J connectivity index is 0.000000423. The molecular formula is C9H15NO4S. The quantitative estimate of drug-likeness (QED) is 0.541. The molecule has 0 fully saturated rings. The zero-order chi connectivity index (χ0) is 11.9. The molecule has 1 aromatic rings. The molecule has 5 nitrogen and oxygen atoms in total. The van der Waals surface area contributed by atoms with E-state index in [9.17, 15) is 13.0 Å². The second-order valence-electron chi connectivity index (χ2n) is 3.30. The second kappa shape index (κ2) is 6.39. The molecule has 0 aliphatic heterocycles. The molecular weight excluding hydrogens is 218 g/mol. The number of hydrogen-bond donors (Lipinski definition) is 1. The highest BCUT2D eigenvalue weighted by atomic mass is 32.3. The lowest BCUT2D eigenvalue weighted by Crippen LogP contribution is -3.02. The Kier molecular flexibility index (Phi) is 5.92. The fourth-order valence-corrected chi connectivity index (χ4v) is 0.941. The first-order valence-electron chi connectivity index (χ1n) is 4.28. The summed E-state index contributed by atoms with van der Waals surface area (Å²) >= 11 is 0. The van der Waals surface area contributed by atoms with Crippen LogP contribution in [-0.2, 0) is 10.4 Å². The van der Waals surface area contributed by atoms with Gasteiger partial charge in [-0.2, -0.15) is 0 Å². The van der Waals surface area contributed by atoms with Gasteiger partial charge in [0.2, 0.25) is 0 Å². The highest BCUT2D eigenvalue weighted by Gasteiger charge is 1.95. The van der Waals surface area contributed by atoms with E-state index in [0.29, 0.717) is 0 Å². The predicted octanol–water partition coefficient (Wildman–Crippen LogP) is -0.714. The van der Waals surface area contributed by atoms with Crippen molar-refractivity contribution in [2.45, 2.75) is 0 Å². The molecule has 1 aromatic carbocycles. The number of quaternary nitrogens is 1. The average Bonchev–Trinajstić information content (AvgIpc) is 2.01. The normalized spacial score (nSPS) is 10.5. The van der Waals surface area contributed by atoms with E-state index in [0.717, 1.165) is 0 Å². The van der Waals surface area contributed by atoms with Gasteiger partial charge in [-0.15, -0.1) is 0 Å². The Hall–Kier alpha value is -1.11. The highest BCUT2D eigenvalue weighted by molar-refractivity contribution is 7.81. The molecule has 0 aliphatic carbocycles. The van der Waals surface area contributed by atoms with E-state index < -0.39 is 10.4 Å². The molecule has 0 bridgehead atoms. The molecule has 0 aliphatic rings. The van der Waals surface area contributed by atoms with Crippen molar-refractivity contribution in [3.05, 3.63) is 30.3 Å². The van der Waals surface area contributed by atoms with Gasteiger partial charge in [-0.05, 0) is 12.1 Å². The third kappa shape index (κ3) is 10.8. The van der Waals surface area contributed by atoms with Crippen molar-refractivity contribution in [1.29, 1.82) is 0 Å². The maximum Gasteiger partial charge on any atom is 0.262 e. The summed E-state index contributed by atoms with van der Waals surface area (Å²) < 4.78 is 34.1. The first kappa shape index (κ1) is 13.9. The van der Waals surface area contributed by atoms with E-state index in [4.69, 9.17) is 0 Å². The zero-order valence-electron chi connectivity index (χ0n) is 8.93. The molecule has 0 radical (unpaired) electrons. The van der Waals surface area contributed by atoms with Crippen LogP contribution < -0.4 is 9.08 Å². The largest absolute Gasteiger partial charge is 0.716 e. The number of hydrogen-bond acceptors (Lipinski definition) is 4. The van der Waals surface area contributed by atoms with Crippen molar-refractivity contribution < 1.29 is 22.1 Å². The molecule has 0 heterocycles. The molecule has 6 heteroatoms. The lowest BCUT2D eigenvalue weighted by molar-refractivity contribution is -0.836. The summed E-state index contributed by atoms with van der Waals surface area (Å²) in [5.74, 6) is 0.0301. The van der Waals surface area contributed by atoms with E-state index in [2.05, 4.69) is 25.3 Å². The van der Waals surface area contributed by atoms with Gasteiger partial charge in [-0.25, -0.2) is 8.42 Å². The topological polar surface area (TPSA) is 70.9 Å². The van der Waals surface area contributed by atoms with Gasteiger partial charge in [0.05, 0.1) is 21.1 Å². The van der Waals surface area contributed by atoms with E-state index in [1.807, 2.05) is 0 Å². The first-order valence-corrected chi connectivity index (χ1v) is 5.61. The van der Waals surface area contributed by atoms with Crippen LogP contribution in [0.3, 0.4) is 0 Å². The van der Waals surface area contributed by atoms with Gasteiger partial charge >= 0.3 is 0 Å². The van der Waals surface area contributed by atoms with Crippen LogP contribution in [0.25, 0.3) is 0 Å². The highest BCUT2D eigenvalue weighted by Crippen LogP contribution is 2.09. The summed E-state index contributed by atoms with van der Waals surface area (Å²) in [5, 5.41) is 0. The van der Waals surface area contributed by atoms with Crippen molar-refractivity contribution >= 4 is 10.4 Å². The summed E-state index contributed by atoms with van der Waals surface area (Å²) in [4.78, 5) is 1.42. The summed E-state index contributed by atoms with van der Waals surface area (Å²) in [6.07, 6.45) is 0. The van der Waals surface area contributed by atoms with Crippen LogP contribution in [0.5, 0.6) is 5.75 Å². The van der Waals surface area contributed by atoms with Crippen LogP contribution in [0, 0.1) is 0 Å². The molecule has 0 atom stereocenters. The summed E-state index contributed by atoms with van der Waals surface area (Å²) in [7, 11) is 1.62. The fraction of sp³-hybridized carbons (Fsp3) is 0.333. The lowest BCUT2D eigenvalue weighted by Gasteiger charge is -2.07. The van der Waals surface area contributed by atoms with E-state index in [1.165, 1.54) is 17.0 Å². The standard InChI is InChI=1S/C6H6O4S.C3H9N/c7-11(8,9)10-6-4-2-1-3-5-6;1-4(2)3/h1-5H,(H,7,8,9);1-3H3. The zero-order valence-corrected chi connectivity index (χ0v) is 9.74. The molecule has 86 valence electrons. The van der Waals surface area contributed by atoms with Gasteiger partial charge in [0.1, 0.15) is 5.75 Å². The lowest BCUT2D eigenvalue weighted by atomic mass is 10.3. The van der Waals surface area contributed by atoms with Crippen molar-refractivity contribution in [2.75, 3.05) is 21.1 Å². The van der Waals surface area contributed by atoms with Gasteiger partial charge in [0.15, 0.2) is 0 Å². The Morgan fingerprint density at radius 1 is 1.13 bits per heavy atom. The third-order valence-electron chi connectivity index (χ3n) is 0.941. The molecule has 0 aromatic heterocycles. The van der Waals surface area contributed by atoms with E-state index in [1.54, 1.807) is 18.2 Å². The van der Waals surface area contributed by atoms with Gasteiger partial charge in [0.25, 0.3) is 10.4 Å². The van der Waals surface area contributed by atoms with Crippen LogP contribution in [0.1, 0.15) is 0 Å². The third-order valence-corrected chi connectivity index (χ3v) is 1.34. The van der Waals surface area contributed by atoms with Gasteiger partial charge in [-0.1, -0.05) is 18.2 Å². The molecule has 15 heavy (non-hydrogen) atoms. The van der Waals surface area contributed by atoms with Crippen molar-refractivity contribution in [2.24, 2.45) is 0 Å². The smallest absolute Gasteiger partial charge is 0.262 e. The second-order valence-corrected chi connectivity index (χ2v) is 4.29. The van der Waals surface area contributed by atoms with Gasteiger partial charge < -0.3 is 13.6 Å². The number of benzene rings is 1. The average molecular weight is 233 g/mol. The molecule has 0 saturated carbocycles. The van der Waals surface area contributed by atoms with Gasteiger partial charge in [0, 0.05) is 0 Å². The Morgan fingerprint density at radius 3 is 1.87 bits per heavy atom. The Labute approximate surface area is 90.2 Å². The number of rotatable bonds is 2. The first-order chi connectivity index (χ1) is 6.81. The maximum absolute atomic E-state index is 10.0. The molecule has 0 amide bonds. The number of para-hydroxylation sites is 1. The van der Waals surface area contributed by atoms with Crippen molar-refractivity contribution in [3.8, 4) is 5.75 Å². The Bertz CT molecular complexity index is 358. The monoisotopic (exact) mass is 233 g/mol. The minimum atomic E-state index is -4.63. The molecule has 1 N–H and O–H groups in total.